The molecule has 0 bridgehead atoms. The van der Waals surface area contributed by atoms with Gasteiger partial charge in [-0.25, -0.2) is 9.97 Å². The summed E-state index contributed by atoms with van der Waals surface area (Å²) in [6.07, 6.45) is 13.9. The van der Waals surface area contributed by atoms with Crippen LogP contribution in [0.4, 0.5) is 0 Å². The summed E-state index contributed by atoms with van der Waals surface area (Å²) in [6, 6.07) is 43.4. The van der Waals surface area contributed by atoms with Crippen LogP contribution < -0.4 is 0 Å². The predicted octanol–water partition coefficient (Wildman–Crippen LogP) is 11.9. The Morgan fingerprint density at radius 1 is 0.365 bits per heavy atom. The van der Waals surface area contributed by atoms with Gasteiger partial charge in [-0.1, -0.05) is 103 Å². The van der Waals surface area contributed by atoms with Crippen molar-refractivity contribution in [3.05, 3.63) is 171 Å². The van der Waals surface area contributed by atoms with Crippen LogP contribution in [0, 0.1) is 0 Å². The summed E-state index contributed by atoms with van der Waals surface area (Å²) in [5.74, 6) is 1.06. The fourth-order valence-corrected chi connectivity index (χ4v) is 7.42. The molecule has 4 heterocycles. The van der Waals surface area contributed by atoms with Crippen molar-refractivity contribution in [2.24, 2.45) is 0 Å². The van der Waals surface area contributed by atoms with Crippen molar-refractivity contribution < 1.29 is 8.83 Å². The number of hydrogen-bond acceptors (Lipinski definition) is 6. The Bertz CT molecular complexity index is 2890. The van der Waals surface area contributed by atoms with E-state index in [4.69, 9.17) is 8.83 Å². The minimum absolute atomic E-state index is 0.529. The van der Waals surface area contributed by atoms with Gasteiger partial charge in [0.2, 0.25) is 11.8 Å². The van der Waals surface area contributed by atoms with Crippen LogP contribution >= 0.6 is 0 Å². The number of aromatic nitrogens is 4. The molecule has 6 heteroatoms. The summed E-state index contributed by atoms with van der Waals surface area (Å²) in [5.41, 5.74) is 10.4. The van der Waals surface area contributed by atoms with Crippen molar-refractivity contribution >= 4 is 32.3 Å². The molecule has 0 radical (unpaired) electrons. The van der Waals surface area contributed by atoms with Gasteiger partial charge in [-0.05, 0) is 83.9 Å². The molecule has 4 aromatic heterocycles. The summed E-state index contributed by atoms with van der Waals surface area (Å²) in [6.45, 7) is 0. The maximum atomic E-state index is 5.68. The van der Waals surface area contributed by atoms with Crippen LogP contribution in [0.1, 0.15) is 0 Å². The van der Waals surface area contributed by atoms with Crippen LogP contribution in [-0.2, 0) is 0 Å². The summed E-state index contributed by atoms with van der Waals surface area (Å²) in [7, 11) is 0. The molecule has 0 fully saturated rings. The largest absolute Gasteiger partial charge is 0.444 e. The first-order valence-corrected chi connectivity index (χ1v) is 17.1. The average molecular weight is 669 g/mol. The lowest BCUT2D eigenvalue weighted by molar-refractivity contribution is 0.574. The van der Waals surface area contributed by atoms with Gasteiger partial charge in [0.15, 0.2) is 0 Å². The normalized spacial score (nSPS) is 11.5. The number of benzene rings is 6. The number of oxazole rings is 2. The van der Waals surface area contributed by atoms with Gasteiger partial charge in [0.25, 0.3) is 0 Å². The lowest BCUT2D eigenvalue weighted by Crippen LogP contribution is -1.93. The second-order valence-electron chi connectivity index (χ2n) is 12.8. The zero-order valence-electron chi connectivity index (χ0n) is 27.8. The van der Waals surface area contributed by atoms with Crippen molar-refractivity contribution in [2.45, 2.75) is 0 Å². The maximum Gasteiger partial charge on any atom is 0.227 e. The van der Waals surface area contributed by atoms with Gasteiger partial charge < -0.3 is 8.83 Å². The zero-order chi connectivity index (χ0) is 34.4. The van der Waals surface area contributed by atoms with Crippen molar-refractivity contribution in [3.8, 4) is 67.4 Å². The van der Waals surface area contributed by atoms with Gasteiger partial charge in [-0.2, -0.15) is 0 Å². The first kappa shape index (κ1) is 29.7. The van der Waals surface area contributed by atoms with Crippen molar-refractivity contribution in [1.29, 1.82) is 0 Å². The Balaban J connectivity index is 1.20. The molecular formula is C46H28N4O2. The SMILES string of the molecule is c1ccc2c(-c3ccc(-c4ccc5c(-c6cncc(-c7ncco7)c6)c6ccccc6c(-c6cncc(-c7ncco7)c6)c5c4)cc3)cccc2c1. The van der Waals surface area contributed by atoms with E-state index in [-0.39, 0.29) is 0 Å². The van der Waals surface area contributed by atoms with E-state index in [2.05, 4.69) is 141 Å². The first-order chi connectivity index (χ1) is 25.8. The van der Waals surface area contributed by atoms with Crippen LogP contribution in [0.5, 0.6) is 0 Å². The third-order valence-corrected chi connectivity index (χ3v) is 9.76. The maximum absolute atomic E-state index is 5.68. The summed E-state index contributed by atoms with van der Waals surface area (Å²) < 4.78 is 11.3. The van der Waals surface area contributed by atoms with Crippen LogP contribution in [-0.4, -0.2) is 19.9 Å². The van der Waals surface area contributed by atoms with E-state index in [9.17, 15) is 0 Å². The first-order valence-electron chi connectivity index (χ1n) is 17.1. The third-order valence-electron chi connectivity index (χ3n) is 9.76. The number of hydrogen-bond donors (Lipinski definition) is 0. The molecule has 10 aromatic rings. The monoisotopic (exact) mass is 668 g/mol. The number of pyridine rings is 2. The highest BCUT2D eigenvalue weighted by atomic mass is 16.3. The van der Waals surface area contributed by atoms with Gasteiger partial charge in [0.1, 0.15) is 12.5 Å². The van der Waals surface area contributed by atoms with Gasteiger partial charge in [-0.3, -0.25) is 9.97 Å². The third kappa shape index (κ3) is 5.05. The Hall–Kier alpha value is -7.18. The Morgan fingerprint density at radius 2 is 0.885 bits per heavy atom. The van der Waals surface area contributed by atoms with Crippen molar-refractivity contribution in [2.75, 3.05) is 0 Å². The highest BCUT2D eigenvalue weighted by Crippen LogP contribution is 2.45. The molecule has 0 saturated heterocycles. The molecule has 244 valence electrons. The molecule has 6 aromatic carbocycles. The molecular weight excluding hydrogens is 641 g/mol. The standard InChI is InChI=1S/C46H28N4O2/c1-2-8-37-30(6-1)7-5-11-38(37)31-14-12-29(13-15-31)32-16-17-41-42(24-32)44(34-23-36(28-48-26-34)46-50-19-21-52-46)40-10-4-3-9-39(40)43(41)33-22-35(27-47-25-33)45-49-18-20-51-45/h1-28H. The number of rotatable bonds is 6. The van der Waals surface area contributed by atoms with E-state index in [0.29, 0.717) is 11.8 Å². The fraction of sp³-hybridized carbons (Fsp3) is 0. The average Bonchev–Trinajstić information content (AvgIpc) is 3.96. The van der Waals surface area contributed by atoms with E-state index in [1.165, 1.54) is 21.9 Å². The summed E-state index contributed by atoms with van der Waals surface area (Å²) in [4.78, 5) is 18.1. The zero-order valence-corrected chi connectivity index (χ0v) is 27.8. The smallest absolute Gasteiger partial charge is 0.227 e. The van der Waals surface area contributed by atoms with E-state index in [1.54, 1.807) is 37.3 Å². The molecule has 0 aliphatic carbocycles. The molecule has 0 aliphatic heterocycles. The topological polar surface area (TPSA) is 77.8 Å². The van der Waals surface area contributed by atoms with Crippen LogP contribution in [0.3, 0.4) is 0 Å². The van der Waals surface area contributed by atoms with Gasteiger partial charge >= 0.3 is 0 Å². The molecule has 0 aliphatic rings. The van der Waals surface area contributed by atoms with E-state index >= 15 is 0 Å². The number of nitrogens with zero attached hydrogens (tertiary/aromatic N) is 4. The molecule has 0 saturated carbocycles. The number of fused-ring (bicyclic) bond motifs is 3. The Kier molecular flexibility index (Phi) is 7.03. The molecule has 6 nitrogen and oxygen atoms in total. The molecule has 0 N–H and O–H groups in total. The van der Waals surface area contributed by atoms with Gasteiger partial charge in [-0.15, -0.1) is 0 Å². The summed E-state index contributed by atoms with van der Waals surface area (Å²) >= 11 is 0. The molecule has 0 atom stereocenters. The Labute approximate surface area is 298 Å². The van der Waals surface area contributed by atoms with Crippen LogP contribution in [0.15, 0.2) is 180 Å². The second-order valence-corrected chi connectivity index (χ2v) is 12.8. The van der Waals surface area contributed by atoms with Crippen molar-refractivity contribution in [3.63, 3.8) is 0 Å². The van der Waals surface area contributed by atoms with Crippen LogP contribution in [0.2, 0.25) is 0 Å². The van der Waals surface area contributed by atoms with E-state index in [0.717, 1.165) is 66.1 Å². The Morgan fingerprint density at radius 3 is 1.52 bits per heavy atom. The molecule has 0 unspecified atom stereocenters. The van der Waals surface area contributed by atoms with E-state index < -0.39 is 0 Å². The molecule has 10 rings (SSSR count). The molecule has 0 amide bonds. The minimum Gasteiger partial charge on any atom is -0.444 e. The highest BCUT2D eigenvalue weighted by molar-refractivity contribution is 6.22. The highest BCUT2D eigenvalue weighted by Gasteiger charge is 2.20. The lowest BCUT2D eigenvalue weighted by Gasteiger charge is -2.19. The van der Waals surface area contributed by atoms with Gasteiger partial charge in [0.05, 0.1) is 23.5 Å². The second kappa shape index (κ2) is 12.3. The predicted molar refractivity (Wildman–Crippen MR) is 207 cm³/mol. The van der Waals surface area contributed by atoms with Gasteiger partial charge in [0, 0.05) is 35.9 Å². The molecule has 52 heavy (non-hydrogen) atoms. The lowest BCUT2D eigenvalue weighted by atomic mass is 9.85. The van der Waals surface area contributed by atoms with Crippen LogP contribution in [0.25, 0.3) is 99.7 Å². The quantitative estimate of drug-likeness (QED) is 0.164. The molecule has 0 spiro atoms. The summed E-state index contributed by atoms with van der Waals surface area (Å²) in [5, 5.41) is 6.87. The fourth-order valence-electron chi connectivity index (χ4n) is 7.42. The van der Waals surface area contributed by atoms with Crippen molar-refractivity contribution in [1.82, 2.24) is 19.9 Å². The van der Waals surface area contributed by atoms with E-state index in [1.807, 2.05) is 12.4 Å². The minimum atomic E-state index is 0.529.